The molecule has 0 saturated heterocycles. The van der Waals surface area contributed by atoms with Gasteiger partial charge in [0.15, 0.2) is 5.78 Å². The van der Waals surface area contributed by atoms with Crippen LogP contribution in [0, 0.1) is 10.1 Å². The van der Waals surface area contributed by atoms with E-state index in [1.54, 1.807) is 0 Å². The third-order valence-electron chi connectivity index (χ3n) is 2.43. The van der Waals surface area contributed by atoms with Gasteiger partial charge in [-0.1, -0.05) is 0 Å². The molecule has 1 N–H and O–H groups in total. The molecule has 1 heterocycles. The number of rotatable bonds is 2. The van der Waals surface area contributed by atoms with Gasteiger partial charge in [0.1, 0.15) is 16.9 Å². The monoisotopic (exact) mass is 249 g/mol. The summed E-state index contributed by atoms with van der Waals surface area (Å²) in [5, 5.41) is 20.4. The number of ketones is 1. The van der Waals surface area contributed by atoms with Crippen LogP contribution >= 0.6 is 0 Å². The van der Waals surface area contributed by atoms with Crippen molar-refractivity contribution < 1.29 is 19.2 Å². The molecule has 0 fully saturated rings. The van der Waals surface area contributed by atoms with Gasteiger partial charge in [0.05, 0.1) is 16.4 Å². The predicted molar refractivity (Wildman–Crippen MR) is 60.8 cm³/mol. The molecule has 2 rings (SSSR count). The molecule has 7 nitrogen and oxygen atoms in total. The molecule has 0 radical (unpaired) electrons. The minimum atomic E-state index is -1.02. The smallest absolute Gasteiger partial charge is 0.351 e. The Morgan fingerprint density at radius 3 is 2.67 bits per heavy atom. The number of aromatic hydroxyl groups is 1. The van der Waals surface area contributed by atoms with Crippen LogP contribution in [0.4, 0.5) is 5.69 Å². The SMILES string of the molecule is CC(=O)c1c(O)c2ccc([N+](=O)[O-])cc2oc1=O. The molecule has 92 valence electrons. The molecule has 1 aromatic heterocycles. The molecular formula is C11H7NO6. The van der Waals surface area contributed by atoms with Gasteiger partial charge in [-0.3, -0.25) is 14.9 Å². The highest BCUT2D eigenvalue weighted by atomic mass is 16.6. The summed E-state index contributed by atoms with van der Waals surface area (Å²) in [4.78, 5) is 32.5. The normalized spacial score (nSPS) is 10.5. The maximum absolute atomic E-state index is 11.5. The van der Waals surface area contributed by atoms with Gasteiger partial charge in [-0.25, -0.2) is 4.79 Å². The first kappa shape index (κ1) is 11.8. The zero-order valence-corrected chi connectivity index (χ0v) is 9.17. The van der Waals surface area contributed by atoms with Crippen LogP contribution in [0.15, 0.2) is 27.4 Å². The fourth-order valence-electron chi connectivity index (χ4n) is 1.60. The quantitative estimate of drug-likeness (QED) is 0.374. The summed E-state index contributed by atoms with van der Waals surface area (Å²) < 4.78 is 4.78. The topological polar surface area (TPSA) is 111 Å². The van der Waals surface area contributed by atoms with Crippen LogP contribution in [-0.4, -0.2) is 15.8 Å². The second-order valence-corrected chi connectivity index (χ2v) is 3.61. The van der Waals surface area contributed by atoms with Gasteiger partial charge in [-0.2, -0.15) is 0 Å². The Morgan fingerprint density at radius 2 is 2.11 bits per heavy atom. The van der Waals surface area contributed by atoms with E-state index in [1.807, 2.05) is 0 Å². The number of nitro benzene ring substituents is 1. The molecule has 0 aliphatic carbocycles. The number of Topliss-reactive ketones (excluding diaryl/α,β-unsaturated/α-hetero) is 1. The van der Waals surface area contributed by atoms with E-state index >= 15 is 0 Å². The second kappa shape index (κ2) is 3.95. The van der Waals surface area contributed by atoms with Gasteiger partial charge >= 0.3 is 5.63 Å². The number of fused-ring (bicyclic) bond motifs is 1. The molecule has 7 heteroatoms. The van der Waals surface area contributed by atoms with E-state index in [0.29, 0.717) is 0 Å². The van der Waals surface area contributed by atoms with Crippen LogP contribution in [0.3, 0.4) is 0 Å². The number of hydrogen-bond donors (Lipinski definition) is 1. The molecule has 0 bridgehead atoms. The number of nitro groups is 1. The fourth-order valence-corrected chi connectivity index (χ4v) is 1.60. The molecule has 0 unspecified atom stereocenters. The average molecular weight is 249 g/mol. The molecule has 0 atom stereocenters. The first-order valence-corrected chi connectivity index (χ1v) is 4.87. The number of non-ortho nitro benzene ring substituents is 1. The van der Waals surface area contributed by atoms with E-state index in [2.05, 4.69) is 0 Å². The fraction of sp³-hybridized carbons (Fsp3) is 0.0909. The maximum atomic E-state index is 11.5. The zero-order valence-electron chi connectivity index (χ0n) is 9.17. The largest absolute Gasteiger partial charge is 0.506 e. The van der Waals surface area contributed by atoms with Crippen molar-refractivity contribution in [1.29, 1.82) is 0 Å². The summed E-state index contributed by atoms with van der Waals surface area (Å²) in [7, 11) is 0. The van der Waals surface area contributed by atoms with Gasteiger partial charge in [0.25, 0.3) is 5.69 Å². The molecular weight excluding hydrogens is 242 g/mol. The Labute approximate surface area is 99.4 Å². The summed E-state index contributed by atoms with van der Waals surface area (Å²) in [5.74, 6) is -1.16. The Hall–Kier alpha value is -2.70. The summed E-state index contributed by atoms with van der Waals surface area (Å²) in [6, 6.07) is 3.38. The van der Waals surface area contributed by atoms with Crippen molar-refractivity contribution in [1.82, 2.24) is 0 Å². The lowest BCUT2D eigenvalue weighted by atomic mass is 10.1. The number of carbonyl (C=O) groups is 1. The van der Waals surface area contributed by atoms with E-state index in [9.17, 15) is 24.8 Å². The Kier molecular flexibility index (Phi) is 2.59. The minimum absolute atomic E-state index is 0.0744. The van der Waals surface area contributed by atoms with E-state index in [4.69, 9.17) is 4.42 Å². The Balaban J connectivity index is 2.86. The van der Waals surface area contributed by atoms with E-state index in [-0.39, 0.29) is 16.7 Å². The van der Waals surface area contributed by atoms with Crippen molar-refractivity contribution in [3.8, 4) is 5.75 Å². The van der Waals surface area contributed by atoms with Gasteiger partial charge < -0.3 is 9.52 Å². The van der Waals surface area contributed by atoms with Crippen LogP contribution < -0.4 is 5.63 Å². The van der Waals surface area contributed by atoms with Crippen molar-refractivity contribution in [3.63, 3.8) is 0 Å². The number of carbonyl (C=O) groups excluding carboxylic acids is 1. The number of hydrogen-bond acceptors (Lipinski definition) is 6. The highest BCUT2D eigenvalue weighted by Crippen LogP contribution is 2.29. The van der Waals surface area contributed by atoms with Crippen molar-refractivity contribution in [2.24, 2.45) is 0 Å². The zero-order chi connectivity index (χ0) is 13.4. The van der Waals surface area contributed by atoms with Crippen molar-refractivity contribution in [2.75, 3.05) is 0 Å². The lowest BCUT2D eigenvalue weighted by molar-refractivity contribution is -0.384. The third kappa shape index (κ3) is 1.71. The molecule has 0 aliphatic rings. The second-order valence-electron chi connectivity index (χ2n) is 3.61. The van der Waals surface area contributed by atoms with Gasteiger partial charge in [-0.05, 0) is 13.0 Å². The summed E-state index contributed by atoms with van der Waals surface area (Å²) in [6.07, 6.45) is 0. The molecule has 18 heavy (non-hydrogen) atoms. The highest BCUT2D eigenvalue weighted by molar-refractivity contribution is 6.01. The molecule has 0 amide bonds. The van der Waals surface area contributed by atoms with Crippen molar-refractivity contribution in [2.45, 2.75) is 6.92 Å². The third-order valence-corrected chi connectivity index (χ3v) is 2.43. The van der Waals surface area contributed by atoms with Crippen LogP contribution in [-0.2, 0) is 0 Å². The van der Waals surface area contributed by atoms with Gasteiger partial charge in [0, 0.05) is 6.07 Å². The summed E-state index contributed by atoms with van der Waals surface area (Å²) in [6.45, 7) is 1.11. The molecule has 0 saturated carbocycles. The van der Waals surface area contributed by atoms with E-state index < -0.39 is 27.6 Å². The van der Waals surface area contributed by atoms with Crippen molar-refractivity contribution >= 4 is 22.4 Å². The molecule has 0 spiro atoms. The number of nitrogens with zero attached hydrogens (tertiary/aromatic N) is 1. The molecule has 0 aliphatic heterocycles. The van der Waals surface area contributed by atoms with Crippen LogP contribution in [0.2, 0.25) is 0 Å². The first-order chi connectivity index (χ1) is 8.41. The maximum Gasteiger partial charge on any atom is 0.351 e. The van der Waals surface area contributed by atoms with Gasteiger partial charge in [-0.15, -0.1) is 0 Å². The summed E-state index contributed by atoms with van der Waals surface area (Å²) in [5.41, 5.74) is -1.90. The van der Waals surface area contributed by atoms with Gasteiger partial charge in [0.2, 0.25) is 0 Å². The van der Waals surface area contributed by atoms with Crippen LogP contribution in [0.5, 0.6) is 5.75 Å². The summed E-state index contributed by atoms with van der Waals surface area (Å²) >= 11 is 0. The average Bonchev–Trinajstić information content (AvgIpc) is 2.27. The highest BCUT2D eigenvalue weighted by Gasteiger charge is 2.19. The van der Waals surface area contributed by atoms with E-state index in [0.717, 1.165) is 19.1 Å². The minimum Gasteiger partial charge on any atom is -0.506 e. The Morgan fingerprint density at radius 1 is 1.44 bits per heavy atom. The molecule has 1 aromatic carbocycles. The Bertz CT molecular complexity index is 730. The van der Waals surface area contributed by atoms with E-state index in [1.165, 1.54) is 6.07 Å². The number of benzene rings is 1. The lowest BCUT2D eigenvalue weighted by Gasteiger charge is -2.03. The standard InChI is InChI=1S/C11H7NO6/c1-5(13)9-10(14)7-3-2-6(12(16)17)4-8(7)18-11(9)15/h2-4,14H,1H3. The lowest BCUT2D eigenvalue weighted by Crippen LogP contribution is -2.11. The first-order valence-electron chi connectivity index (χ1n) is 4.87. The van der Waals surface area contributed by atoms with Crippen molar-refractivity contribution in [3.05, 3.63) is 44.3 Å². The molecule has 2 aromatic rings. The predicted octanol–water partition coefficient (Wildman–Crippen LogP) is 1.61. The van der Waals surface area contributed by atoms with Crippen LogP contribution in [0.1, 0.15) is 17.3 Å². The van der Waals surface area contributed by atoms with Crippen LogP contribution in [0.25, 0.3) is 11.0 Å².